The van der Waals surface area contributed by atoms with Gasteiger partial charge in [-0.1, -0.05) is 13.0 Å². The van der Waals surface area contributed by atoms with Crippen molar-refractivity contribution < 1.29 is 23.1 Å². The van der Waals surface area contributed by atoms with Crippen molar-refractivity contribution >= 4 is 15.9 Å². The molecular weight excluding hydrogens is 494 g/mol. The standard InChI is InChI=1S/C26H31N5O5S/c1-18-14-31(19(2)16-32)37(34,35)25-5-4-21(22-12-28-17-29-13-22)11-23(25)36-24(18)15-30(3)26(33)10-20-6-8-27-9-7-20/h4-9,11-13,17-19,24,32H,10,14-16H2,1-3H3/t18-,19+,24-/m1/s1. The molecule has 2 aromatic heterocycles. The highest BCUT2D eigenvalue weighted by Gasteiger charge is 2.38. The number of nitrogens with zero attached hydrogens (tertiary/aromatic N) is 5. The van der Waals surface area contributed by atoms with Crippen LogP contribution in [0.2, 0.25) is 0 Å². The topological polar surface area (TPSA) is 126 Å². The third-order valence-electron chi connectivity index (χ3n) is 6.55. The molecule has 0 fully saturated rings. The molecule has 0 unspecified atom stereocenters. The second-order valence-electron chi connectivity index (χ2n) is 9.34. The second kappa shape index (κ2) is 11.3. The maximum atomic E-state index is 13.7. The van der Waals surface area contributed by atoms with Crippen LogP contribution in [0.5, 0.6) is 5.75 Å². The van der Waals surface area contributed by atoms with Gasteiger partial charge >= 0.3 is 0 Å². The number of rotatable bonds is 7. The van der Waals surface area contributed by atoms with Crippen molar-refractivity contribution in [1.29, 1.82) is 0 Å². The number of hydrogen-bond acceptors (Lipinski definition) is 8. The van der Waals surface area contributed by atoms with E-state index in [1.54, 1.807) is 67.9 Å². The number of aromatic nitrogens is 3. The zero-order valence-corrected chi connectivity index (χ0v) is 21.9. The Morgan fingerprint density at radius 3 is 2.54 bits per heavy atom. The molecule has 3 aromatic rings. The highest BCUT2D eigenvalue weighted by Crippen LogP contribution is 2.36. The van der Waals surface area contributed by atoms with Crippen LogP contribution in [0.3, 0.4) is 0 Å². The summed E-state index contributed by atoms with van der Waals surface area (Å²) >= 11 is 0. The molecule has 3 atom stereocenters. The molecule has 0 saturated carbocycles. The van der Waals surface area contributed by atoms with E-state index in [1.165, 1.54) is 16.7 Å². The fourth-order valence-electron chi connectivity index (χ4n) is 4.25. The number of benzene rings is 1. The van der Waals surface area contributed by atoms with Crippen molar-refractivity contribution in [3.8, 4) is 16.9 Å². The van der Waals surface area contributed by atoms with Crippen molar-refractivity contribution in [2.45, 2.75) is 37.3 Å². The van der Waals surface area contributed by atoms with Crippen LogP contribution < -0.4 is 4.74 Å². The summed E-state index contributed by atoms with van der Waals surface area (Å²) in [7, 11) is -2.25. The summed E-state index contributed by atoms with van der Waals surface area (Å²) < 4.78 is 35.0. The number of pyridine rings is 1. The Kier molecular flexibility index (Phi) is 8.16. The molecule has 196 valence electrons. The van der Waals surface area contributed by atoms with Gasteiger partial charge in [0, 0.05) is 55.9 Å². The summed E-state index contributed by atoms with van der Waals surface area (Å²) in [5.41, 5.74) is 2.26. The predicted octanol–water partition coefficient (Wildman–Crippen LogP) is 2.01. The van der Waals surface area contributed by atoms with Crippen LogP contribution >= 0.6 is 0 Å². The highest BCUT2D eigenvalue weighted by molar-refractivity contribution is 7.89. The van der Waals surface area contributed by atoms with Gasteiger partial charge in [-0.05, 0) is 42.3 Å². The summed E-state index contributed by atoms with van der Waals surface area (Å²) in [6.07, 6.45) is 7.70. The second-order valence-corrected chi connectivity index (χ2v) is 11.2. The van der Waals surface area contributed by atoms with Crippen LogP contribution in [-0.2, 0) is 21.2 Å². The van der Waals surface area contributed by atoms with E-state index in [0.717, 1.165) is 5.56 Å². The minimum absolute atomic E-state index is 0.0102. The first-order chi connectivity index (χ1) is 17.7. The lowest BCUT2D eigenvalue weighted by molar-refractivity contribution is -0.130. The Labute approximate surface area is 217 Å². The number of aliphatic hydroxyl groups excluding tert-OH is 1. The quantitative estimate of drug-likeness (QED) is 0.497. The van der Waals surface area contributed by atoms with Crippen LogP contribution in [0.15, 0.2) is 66.3 Å². The Morgan fingerprint density at radius 1 is 1.16 bits per heavy atom. The predicted molar refractivity (Wildman–Crippen MR) is 137 cm³/mol. The molecular formula is C26H31N5O5S. The monoisotopic (exact) mass is 525 g/mol. The van der Waals surface area contributed by atoms with Crippen molar-refractivity contribution in [2.75, 3.05) is 26.7 Å². The molecule has 0 saturated heterocycles. The minimum atomic E-state index is -3.96. The van der Waals surface area contributed by atoms with E-state index in [2.05, 4.69) is 15.0 Å². The van der Waals surface area contributed by atoms with Crippen LogP contribution in [0.1, 0.15) is 19.4 Å². The number of ether oxygens (including phenoxy) is 1. The Morgan fingerprint density at radius 2 is 1.86 bits per heavy atom. The number of aliphatic hydroxyl groups is 1. The number of carbonyl (C=O) groups is 1. The first-order valence-electron chi connectivity index (χ1n) is 12.0. The molecule has 3 heterocycles. The number of amides is 1. The third-order valence-corrected chi connectivity index (χ3v) is 8.56. The van der Waals surface area contributed by atoms with Gasteiger partial charge in [-0.25, -0.2) is 18.4 Å². The van der Waals surface area contributed by atoms with Crippen LogP contribution in [0, 0.1) is 5.92 Å². The van der Waals surface area contributed by atoms with Gasteiger partial charge in [0.05, 0.1) is 19.6 Å². The van der Waals surface area contributed by atoms with Gasteiger partial charge in [0.1, 0.15) is 23.1 Å². The first kappa shape index (κ1) is 26.6. The number of hydrogen-bond donors (Lipinski definition) is 1. The Balaban J connectivity index is 1.69. The SMILES string of the molecule is C[C@@H]1CN([C@@H](C)CO)S(=O)(=O)c2ccc(-c3cncnc3)cc2O[C@@H]1CN(C)C(=O)Cc1ccncc1. The number of likely N-dealkylation sites (N-methyl/N-ethyl adjacent to an activating group) is 1. The van der Waals surface area contributed by atoms with E-state index in [-0.39, 0.29) is 48.6 Å². The van der Waals surface area contributed by atoms with E-state index in [4.69, 9.17) is 4.74 Å². The molecule has 1 aliphatic heterocycles. The van der Waals surface area contributed by atoms with E-state index in [9.17, 15) is 18.3 Å². The van der Waals surface area contributed by atoms with Gasteiger partial charge in [0.15, 0.2) is 0 Å². The molecule has 0 aliphatic carbocycles. The molecule has 1 N–H and O–H groups in total. The third kappa shape index (κ3) is 5.95. The van der Waals surface area contributed by atoms with Crippen molar-refractivity contribution in [1.82, 2.24) is 24.2 Å². The number of fused-ring (bicyclic) bond motifs is 1. The van der Waals surface area contributed by atoms with Crippen LogP contribution in [-0.4, -0.2) is 82.5 Å². The molecule has 37 heavy (non-hydrogen) atoms. The minimum Gasteiger partial charge on any atom is -0.487 e. The number of sulfonamides is 1. The highest BCUT2D eigenvalue weighted by atomic mass is 32.2. The molecule has 11 heteroatoms. The van der Waals surface area contributed by atoms with Crippen molar-refractivity contribution in [2.24, 2.45) is 5.92 Å². The normalized spacial score (nSPS) is 20.1. The van der Waals surface area contributed by atoms with Crippen LogP contribution in [0.4, 0.5) is 0 Å². The van der Waals surface area contributed by atoms with Crippen LogP contribution in [0.25, 0.3) is 11.1 Å². The maximum Gasteiger partial charge on any atom is 0.247 e. The van der Waals surface area contributed by atoms with Crippen molar-refractivity contribution in [3.63, 3.8) is 0 Å². The molecule has 1 aromatic carbocycles. The maximum absolute atomic E-state index is 13.7. The number of carbonyl (C=O) groups excluding carboxylic acids is 1. The molecule has 0 radical (unpaired) electrons. The van der Waals surface area contributed by atoms with Gasteiger partial charge in [0.25, 0.3) is 0 Å². The Hall–Kier alpha value is -3.41. The zero-order valence-electron chi connectivity index (χ0n) is 21.1. The van der Waals surface area contributed by atoms with E-state index in [0.29, 0.717) is 11.1 Å². The van der Waals surface area contributed by atoms with Gasteiger partial charge in [-0.2, -0.15) is 4.31 Å². The lowest BCUT2D eigenvalue weighted by Gasteiger charge is -2.37. The Bertz CT molecular complexity index is 1320. The molecule has 0 spiro atoms. The van der Waals surface area contributed by atoms with E-state index in [1.807, 2.05) is 6.92 Å². The summed E-state index contributed by atoms with van der Waals surface area (Å²) in [4.78, 5) is 26.6. The largest absolute Gasteiger partial charge is 0.487 e. The summed E-state index contributed by atoms with van der Waals surface area (Å²) in [6, 6.07) is 7.82. The van der Waals surface area contributed by atoms with E-state index >= 15 is 0 Å². The fraction of sp³-hybridized carbons (Fsp3) is 0.385. The van der Waals surface area contributed by atoms with E-state index < -0.39 is 22.2 Å². The van der Waals surface area contributed by atoms with Gasteiger partial charge in [-0.15, -0.1) is 0 Å². The lowest BCUT2D eigenvalue weighted by atomic mass is 10.0. The molecule has 1 amide bonds. The molecule has 0 bridgehead atoms. The van der Waals surface area contributed by atoms with Gasteiger partial charge < -0.3 is 14.7 Å². The summed E-state index contributed by atoms with van der Waals surface area (Å²) in [6.45, 7) is 3.62. The fourth-order valence-corrected chi connectivity index (χ4v) is 6.08. The first-order valence-corrected chi connectivity index (χ1v) is 13.5. The molecule has 4 rings (SSSR count). The average Bonchev–Trinajstić information content (AvgIpc) is 2.91. The zero-order chi connectivity index (χ0) is 26.6. The smallest absolute Gasteiger partial charge is 0.247 e. The van der Waals surface area contributed by atoms with Gasteiger partial charge in [-0.3, -0.25) is 9.78 Å². The van der Waals surface area contributed by atoms with Crippen molar-refractivity contribution in [3.05, 3.63) is 67.0 Å². The summed E-state index contributed by atoms with van der Waals surface area (Å²) in [5, 5.41) is 9.82. The lowest BCUT2D eigenvalue weighted by Crippen LogP contribution is -2.50. The van der Waals surface area contributed by atoms with Gasteiger partial charge in [0.2, 0.25) is 15.9 Å². The molecule has 1 aliphatic rings. The average molecular weight is 526 g/mol. The summed E-state index contributed by atoms with van der Waals surface area (Å²) in [5.74, 6) is -0.187. The molecule has 10 nitrogen and oxygen atoms in total.